The van der Waals surface area contributed by atoms with Crippen molar-refractivity contribution in [3.05, 3.63) is 51.2 Å². The lowest BCUT2D eigenvalue weighted by atomic mass is 10.2. The highest BCUT2D eigenvalue weighted by Crippen LogP contribution is 2.27. The van der Waals surface area contributed by atoms with Crippen LogP contribution in [0, 0.1) is 6.92 Å². The van der Waals surface area contributed by atoms with Crippen LogP contribution >= 0.6 is 22.9 Å². The molecule has 22 heavy (non-hydrogen) atoms. The summed E-state index contributed by atoms with van der Waals surface area (Å²) >= 11 is 7.16. The predicted molar refractivity (Wildman–Crippen MR) is 87.4 cm³/mol. The maximum atomic E-state index is 12.5. The Morgan fingerprint density at radius 2 is 1.91 bits per heavy atom. The van der Waals surface area contributed by atoms with Gasteiger partial charge in [-0.25, -0.2) is 8.42 Å². The van der Waals surface area contributed by atoms with Crippen molar-refractivity contribution in [2.45, 2.75) is 17.1 Å². The van der Waals surface area contributed by atoms with Crippen LogP contribution in [0.3, 0.4) is 0 Å². The van der Waals surface area contributed by atoms with Crippen molar-refractivity contribution >= 4 is 38.7 Å². The van der Waals surface area contributed by atoms with E-state index in [9.17, 15) is 13.2 Å². The monoisotopic (exact) mass is 355 g/mol. The number of halogens is 1. The van der Waals surface area contributed by atoms with E-state index in [0.29, 0.717) is 9.90 Å². The number of amides is 1. The largest absolute Gasteiger partial charge is 0.335 e. The second kappa shape index (κ2) is 5.68. The number of hydrogen-bond acceptors (Lipinski definition) is 4. The smallest absolute Gasteiger partial charge is 0.264 e. The maximum Gasteiger partial charge on any atom is 0.264 e. The molecule has 7 heteroatoms. The number of sulfone groups is 1. The number of hydrogen-bond donors (Lipinski definition) is 0. The number of benzene rings is 1. The minimum Gasteiger partial charge on any atom is -0.335 e. The van der Waals surface area contributed by atoms with Crippen molar-refractivity contribution in [1.29, 1.82) is 0 Å². The molecule has 0 bridgehead atoms. The van der Waals surface area contributed by atoms with E-state index in [1.54, 1.807) is 17.0 Å². The molecule has 2 aromatic rings. The number of aryl methyl sites for hydroxylation is 1. The molecule has 0 atom stereocenters. The van der Waals surface area contributed by atoms with Gasteiger partial charge >= 0.3 is 0 Å². The molecule has 0 unspecified atom stereocenters. The molecular weight excluding hydrogens is 342 g/mol. The SMILES string of the molecule is Cc1csc(C(=O)N2CC(S(=O)(=O)c3ccc(Cl)cc3)C2)c1. The topological polar surface area (TPSA) is 54.5 Å². The minimum atomic E-state index is -3.41. The minimum absolute atomic E-state index is 0.0966. The van der Waals surface area contributed by atoms with Crippen LogP contribution in [0.25, 0.3) is 0 Å². The van der Waals surface area contributed by atoms with Crippen LogP contribution in [-0.4, -0.2) is 37.6 Å². The molecule has 4 nitrogen and oxygen atoms in total. The quantitative estimate of drug-likeness (QED) is 0.850. The van der Waals surface area contributed by atoms with Gasteiger partial charge in [-0.1, -0.05) is 11.6 Å². The Labute approximate surface area is 138 Å². The van der Waals surface area contributed by atoms with E-state index in [-0.39, 0.29) is 23.9 Å². The number of nitrogens with zero attached hydrogens (tertiary/aromatic N) is 1. The molecule has 116 valence electrons. The van der Waals surface area contributed by atoms with Gasteiger partial charge in [-0.2, -0.15) is 0 Å². The Kier molecular flexibility index (Phi) is 4.01. The van der Waals surface area contributed by atoms with E-state index in [1.165, 1.54) is 23.5 Å². The lowest BCUT2D eigenvalue weighted by Gasteiger charge is -2.38. The van der Waals surface area contributed by atoms with Gasteiger partial charge in [0, 0.05) is 18.1 Å². The highest BCUT2D eigenvalue weighted by molar-refractivity contribution is 7.92. The Bertz CT molecular complexity index is 806. The van der Waals surface area contributed by atoms with Crippen LogP contribution in [0.5, 0.6) is 0 Å². The fourth-order valence-electron chi connectivity index (χ4n) is 2.32. The summed E-state index contributed by atoms with van der Waals surface area (Å²) in [5, 5.41) is 1.87. The standard InChI is InChI=1S/C15H14ClNO3S2/c1-10-6-14(21-9-10)15(18)17-7-13(8-17)22(19,20)12-4-2-11(16)3-5-12/h2-6,9,13H,7-8H2,1H3. The fourth-order valence-corrected chi connectivity index (χ4v) is 4.96. The van der Waals surface area contributed by atoms with Gasteiger partial charge in [-0.15, -0.1) is 11.3 Å². The molecule has 0 saturated carbocycles. The maximum absolute atomic E-state index is 12.5. The summed E-state index contributed by atoms with van der Waals surface area (Å²) < 4.78 is 24.9. The average Bonchev–Trinajstić information content (AvgIpc) is 2.84. The molecule has 1 saturated heterocycles. The number of carbonyl (C=O) groups is 1. The van der Waals surface area contributed by atoms with Crippen LogP contribution in [0.1, 0.15) is 15.2 Å². The van der Waals surface area contributed by atoms with E-state index in [1.807, 2.05) is 18.4 Å². The predicted octanol–water partition coefficient (Wildman–Crippen LogP) is 3.01. The summed E-state index contributed by atoms with van der Waals surface area (Å²) in [5.41, 5.74) is 1.04. The molecule has 2 heterocycles. The molecule has 3 rings (SSSR count). The Hall–Kier alpha value is -1.37. The summed E-state index contributed by atoms with van der Waals surface area (Å²) in [6.07, 6.45) is 0. The number of carbonyl (C=O) groups excluding carboxylic acids is 1. The van der Waals surface area contributed by atoms with Gasteiger partial charge in [-0.05, 0) is 48.2 Å². The summed E-state index contributed by atoms with van der Waals surface area (Å²) in [4.78, 5) is 14.7. The molecular formula is C15H14ClNO3S2. The molecule has 1 fully saturated rings. The summed E-state index contributed by atoms with van der Waals surface area (Å²) in [6.45, 7) is 2.40. The fraction of sp³-hybridized carbons (Fsp3) is 0.267. The lowest BCUT2D eigenvalue weighted by Crippen LogP contribution is -2.56. The third-order valence-electron chi connectivity index (χ3n) is 3.66. The first-order valence-corrected chi connectivity index (χ1v) is 9.52. The van der Waals surface area contributed by atoms with E-state index in [0.717, 1.165) is 5.56 Å². The van der Waals surface area contributed by atoms with Gasteiger partial charge in [0.25, 0.3) is 5.91 Å². The van der Waals surface area contributed by atoms with E-state index < -0.39 is 15.1 Å². The molecule has 0 aliphatic carbocycles. The third-order valence-corrected chi connectivity index (χ3v) is 7.05. The molecule has 1 amide bonds. The van der Waals surface area contributed by atoms with Crippen LogP contribution in [0.15, 0.2) is 40.6 Å². The van der Waals surface area contributed by atoms with Crippen LogP contribution in [0.2, 0.25) is 5.02 Å². The molecule has 1 aliphatic rings. The van der Waals surface area contributed by atoms with Crippen molar-refractivity contribution in [2.24, 2.45) is 0 Å². The van der Waals surface area contributed by atoms with Crippen molar-refractivity contribution < 1.29 is 13.2 Å². The van der Waals surface area contributed by atoms with Crippen molar-refractivity contribution in [3.63, 3.8) is 0 Å². The van der Waals surface area contributed by atoms with Gasteiger partial charge in [0.1, 0.15) is 5.25 Å². The first kappa shape index (κ1) is 15.5. The lowest BCUT2D eigenvalue weighted by molar-refractivity contribution is 0.0664. The second-order valence-electron chi connectivity index (χ2n) is 5.32. The Morgan fingerprint density at radius 3 is 2.45 bits per heavy atom. The van der Waals surface area contributed by atoms with Gasteiger partial charge in [0.15, 0.2) is 9.84 Å². The highest BCUT2D eigenvalue weighted by Gasteiger charge is 2.40. The molecule has 0 N–H and O–H groups in total. The van der Waals surface area contributed by atoms with Gasteiger partial charge in [-0.3, -0.25) is 4.79 Å². The van der Waals surface area contributed by atoms with Crippen molar-refractivity contribution in [1.82, 2.24) is 4.90 Å². The third kappa shape index (κ3) is 2.78. The first-order chi connectivity index (χ1) is 10.4. The number of likely N-dealkylation sites (tertiary alicyclic amines) is 1. The number of rotatable bonds is 3. The van der Waals surface area contributed by atoms with Crippen molar-refractivity contribution in [3.8, 4) is 0 Å². The molecule has 0 spiro atoms. The number of thiophene rings is 1. The molecule has 1 aromatic carbocycles. The Morgan fingerprint density at radius 1 is 1.27 bits per heavy atom. The van der Waals surface area contributed by atoms with Gasteiger partial charge < -0.3 is 4.90 Å². The van der Waals surface area contributed by atoms with Crippen LogP contribution in [0.4, 0.5) is 0 Å². The van der Waals surface area contributed by atoms with E-state index >= 15 is 0 Å². The zero-order valence-electron chi connectivity index (χ0n) is 11.8. The van der Waals surface area contributed by atoms with E-state index in [2.05, 4.69) is 0 Å². The zero-order valence-corrected chi connectivity index (χ0v) is 14.2. The normalized spacial score (nSPS) is 15.6. The van der Waals surface area contributed by atoms with Crippen molar-refractivity contribution in [2.75, 3.05) is 13.1 Å². The van der Waals surface area contributed by atoms with Crippen LogP contribution in [-0.2, 0) is 9.84 Å². The second-order valence-corrected chi connectivity index (χ2v) is 8.90. The first-order valence-electron chi connectivity index (χ1n) is 6.72. The highest BCUT2D eigenvalue weighted by atomic mass is 35.5. The average molecular weight is 356 g/mol. The van der Waals surface area contributed by atoms with Gasteiger partial charge in [0.05, 0.1) is 9.77 Å². The van der Waals surface area contributed by atoms with Gasteiger partial charge in [0.2, 0.25) is 0 Å². The van der Waals surface area contributed by atoms with E-state index in [4.69, 9.17) is 11.6 Å². The Balaban J connectivity index is 1.70. The molecule has 1 aromatic heterocycles. The summed E-state index contributed by atoms with van der Waals surface area (Å²) in [7, 11) is -3.41. The molecule has 1 aliphatic heterocycles. The zero-order chi connectivity index (χ0) is 15.9. The molecule has 0 radical (unpaired) electrons. The van der Waals surface area contributed by atoms with Crippen LogP contribution < -0.4 is 0 Å². The summed E-state index contributed by atoms with van der Waals surface area (Å²) in [6, 6.07) is 7.96. The summed E-state index contributed by atoms with van der Waals surface area (Å²) in [5.74, 6) is -0.0966.